The molecule has 5 heteroatoms. The van der Waals surface area contributed by atoms with Crippen molar-refractivity contribution in [1.29, 1.82) is 0 Å². The monoisotopic (exact) mass is 351 g/mol. The van der Waals surface area contributed by atoms with Gasteiger partial charge in [-0.25, -0.2) is 9.37 Å². The molecule has 0 atom stereocenters. The third-order valence-electron chi connectivity index (χ3n) is 3.12. The van der Waals surface area contributed by atoms with Gasteiger partial charge in [0.1, 0.15) is 11.6 Å². The normalized spacial score (nSPS) is 11.0. The Bertz CT molecular complexity index is 616. The zero-order valence-electron chi connectivity index (χ0n) is 12.4. The maximum absolute atomic E-state index is 13.4. The summed E-state index contributed by atoms with van der Waals surface area (Å²) in [6.45, 7) is 4.90. The predicted octanol–water partition coefficient (Wildman–Crippen LogP) is 4.25. The molecule has 0 aliphatic heterocycles. The van der Waals surface area contributed by atoms with E-state index < -0.39 is 0 Å². The van der Waals surface area contributed by atoms with Crippen molar-refractivity contribution in [3.8, 4) is 0 Å². The van der Waals surface area contributed by atoms with E-state index in [9.17, 15) is 4.39 Å². The highest BCUT2D eigenvalue weighted by atomic mass is 79.9. The molecule has 1 aromatic carbocycles. The Kier molecular flexibility index (Phi) is 5.31. The van der Waals surface area contributed by atoms with Gasteiger partial charge in [-0.2, -0.15) is 0 Å². The van der Waals surface area contributed by atoms with E-state index in [0.717, 1.165) is 21.5 Å². The van der Waals surface area contributed by atoms with E-state index in [4.69, 9.17) is 0 Å². The topological polar surface area (TPSA) is 28.2 Å². The van der Waals surface area contributed by atoms with Crippen molar-refractivity contribution in [2.75, 3.05) is 11.9 Å². The Hall–Kier alpha value is -1.46. The number of hydrogen-bond donors (Lipinski definition) is 1. The van der Waals surface area contributed by atoms with E-state index in [1.54, 1.807) is 12.3 Å². The van der Waals surface area contributed by atoms with Crippen LogP contribution in [-0.2, 0) is 6.54 Å². The van der Waals surface area contributed by atoms with Crippen molar-refractivity contribution in [2.24, 2.45) is 0 Å². The number of pyridine rings is 1. The van der Waals surface area contributed by atoms with E-state index in [1.807, 2.05) is 24.1 Å². The van der Waals surface area contributed by atoms with Gasteiger partial charge >= 0.3 is 0 Å². The third kappa shape index (κ3) is 4.25. The molecule has 112 valence electrons. The summed E-state index contributed by atoms with van der Waals surface area (Å²) in [5, 5.41) is 3.39. The Morgan fingerprint density at radius 2 is 2.10 bits per heavy atom. The molecule has 21 heavy (non-hydrogen) atoms. The van der Waals surface area contributed by atoms with Crippen LogP contribution in [0, 0.1) is 5.82 Å². The Morgan fingerprint density at radius 3 is 2.76 bits per heavy atom. The second-order valence-corrected chi connectivity index (χ2v) is 6.13. The maximum atomic E-state index is 13.4. The lowest BCUT2D eigenvalue weighted by atomic mass is 10.2. The molecule has 0 unspecified atom stereocenters. The van der Waals surface area contributed by atoms with Crippen LogP contribution in [0.4, 0.5) is 15.9 Å². The number of nitrogens with one attached hydrogen (secondary N) is 1. The number of rotatable bonds is 5. The molecule has 0 saturated heterocycles. The molecule has 0 spiro atoms. The van der Waals surface area contributed by atoms with E-state index in [1.165, 1.54) is 12.1 Å². The SMILES string of the molecule is CC(C)NCc1cc(Br)cnc1N(C)c1cccc(F)c1. The number of aromatic nitrogens is 1. The minimum absolute atomic E-state index is 0.252. The van der Waals surface area contributed by atoms with Gasteiger partial charge in [-0.05, 0) is 40.2 Å². The summed E-state index contributed by atoms with van der Waals surface area (Å²) >= 11 is 3.45. The average molecular weight is 352 g/mol. The Labute approximate surface area is 133 Å². The highest BCUT2D eigenvalue weighted by molar-refractivity contribution is 9.10. The standard InChI is InChI=1S/C16H19BrFN3/c1-11(2)19-9-12-7-13(17)10-20-16(12)21(3)15-6-4-5-14(18)8-15/h4-8,10-11,19H,9H2,1-3H3. The van der Waals surface area contributed by atoms with Crippen LogP contribution in [0.15, 0.2) is 41.0 Å². The molecule has 0 amide bonds. The van der Waals surface area contributed by atoms with Gasteiger partial charge in [-0.15, -0.1) is 0 Å². The fourth-order valence-electron chi connectivity index (χ4n) is 2.03. The van der Waals surface area contributed by atoms with E-state index in [2.05, 4.69) is 40.1 Å². The molecule has 0 bridgehead atoms. The second kappa shape index (κ2) is 7.00. The molecule has 0 aliphatic rings. The van der Waals surface area contributed by atoms with Crippen LogP contribution in [0.5, 0.6) is 0 Å². The number of halogens is 2. The Morgan fingerprint density at radius 1 is 1.33 bits per heavy atom. The lowest BCUT2D eigenvalue weighted by Gasteiger charge is -2.22. The van der Waals surface area contributed by atoms with Crippen LogP contribution in [0.2, 0.25) is 0 Å². The highest BCUT2D eigenvalue weighted by Gasteiger charge is 2.12. The fourth-order valence-corrected chi connectivity index (χ4v) is 2.41. The van der Waals surface area contributed by atoms with Crippen molar-refractivity contribution < 1.29 is 4.39 Å². The van der Waals surface area contributed by atoms with Gasteiger partial charge in [0.15, 0.2) is 0 Å². The van der Waals surface area contributed by atoms with Gasteiger partial charge in [-0.1, -0.05) is 19.9 Å². The molecule has 1 N–H and O–H groups in total. The molecule has 3 nitrogen and oxygen atoms in total. The van der Waals surface area contributed by atoms with Gasteiger partial charge in [0.25, 0.3) is 0 Å². The summed E-state index contributed by atoms with van der Waals surface area (Å²) in [5.74, 6) is 0.565. The zero-order valence-corrected chi connectivity index (χ0v) is 14.0. The van der Waals surface area contributed by atoms with Gasteiger partial charge in [0, 0.05) is 41.6 Å². The average Bonchev–Trinajstić information content (AvgIpc) is 2.44. The van der Waals surface area contributed by atoms with Crippen molar-refractivity contribution in [2.45, 2.75) is 26.4 Å². The number of benzene rings is 1. The fraction of sp³-hybridized carbons (Fsp3) is 0.312. The quantitative estimate of drug-likeness (QED) is 0.872. The summed E-state index contributed by atoms with van der Waals surface area (Å²) in [4.78, 5) is 6.37. The van der Waals surface area contributed by atoms with Gasteiger partial charge in [0.2, 0.25) is 0 Å². The van der Waals surface area contributed by atoms with Crippen LogP contribution in [-0.4, -0.2) is 18.1 Å². The first kappa shape index (κ1) is 15.9. The number of nitrogens with zero attached hydrogens (tertiary/aromatic N) is 2. The largest absolute Gasteiger partial charge is 0.329 e. The van der Waals surface area contributed by atoms with Crippen molar-refractivity contribution in [1.82, 2.24) is 10.3 Å². The molecule has 2 rings (SSSR count). The number of anilines is 2. The molecule has 0 aliphatic carbocycles. The van der Waals surface area contributed by atoms with Crippen LogP contribution >= 0.6 is 15.9 Å². The first-order valence-electron chi connectivity index (χ1n) is 6.84. The van der Waals surface area contributed by atoms with Crippen LogP contribution in [0.1, 0.15) is 19.4 Å². The lowest BCUT2D eigenvalue weighted by molar-refractivity contribution is 0.588. The Balaban J connectivity index is 2.33. The molecule has 0 radical (unpaired) electrons. The minimum atomic E-state index is -0.252. The second-order valence-electron chi connectivity index (χ2n) is 5.21. The summed E-state index contributed by atoms with van der Waals surface area (Å²) in [7, 11) is 1.89. The molecule has 0 saturated carbocycles. The summed E-state index contributed by atoms with van der Waals surface area (Å²) in [6.07, 6.45) is 1.75. The van der Waals surface area contributed by atoms with Crippen molar-refractivity contribution in [3.63, 3.8) is 0 Å². The van der Waals surface area contributed by atoms with Crippen LogP contribution in [0.3, 0.4) is 0 Å². The van der Waals surface area contributed by atoms with Crippen molar-refractivity contribution in [3.05, 3.63) is 52.4 Å². The first-order valence-corrected chi connectivity index (χ1v) is 7.64. The molecule has 1 heterocycles. The first-order chi connectivity index (χ1) is 9.97. The third-order valence-corrected chi connectivity index (χ3v) is 3.56. The molecule has 2 aromatic rings. The van der Waals surface area contributed by atoms with Crippen molar-refractivity contribution >= 4 is 27.4 Å². The van der Waals surface area contributed by atoms with E-state index >= 15 is 0 Å². The molecular formula is C16H19BrFN3. The smallest absolute Gasteiger partial charge is 0.137 e. The summed E-state index contributed by atoms with van der Waals surface area (Å²) in [6, 6.07) is 8.93. The van der Waals surface area contributed by atoms with E-state index in [0.29, 0.717) is 12.6 Å². The summed E-state index contributed by atoms with van der Waals surface area (Å²) in [5.41, 5.74) is 1.83. The summed E-state index contributed by atoms with van der Waals surface area (Å²) < 4.78 is 14.3. The van der Waals surface area contributed by atoms with Gasteiger partial charge in [-0.3, -0.25) is 0 Å². The molecule has 0 fully saturated rings. The van der Waals surface area contributed by atoms with E-state index in [-0.39, 0.29) is 5.82 Å². The zero-order chi connectivity index (χ0) is 15.4. The highest BCUT2D eigenvalue weighted by Crippen LogP contribution is 2.27. The maximum Gasteiger partial charge on any atom is 0.137 e. The lowest BCUT2D eigenvalue weighted by Crippen LogP contribution is -2.24. The predicted molar refractivity (Wildman–Crippen MR) is 88.4 cm³/mol. The van der Waals surface area contributed by atoms with Gasteiger partial charge in [0.05, 0.1) is 0 Å². The minimum Gasteiger partial charge on any atom is -0.329 e. The molecular weight excluding hydrogens is 333 g/mol. The van der Waals surface area contributed by atoms with Crippen LogP contribution < -0.4 is 10.2 Å². The van der Waals surface area contributed by atoms with Crippen LogP contribution in [0.25, 0.3) is 0 Å². The number of hydrogen-bond acceptors (Lipinski definition) is 3. The van der Waals surface area contributed by atoms with Gasteiger partial charge < -0.3 is 10.2 Å². The molecule has 1 aromatic heterocycles.